The number of nitrogens with zero attached hydrogens (tertiary/aromatic N) is 1. The number of carbonyl (C=O) groups excluding carboxylic acids is 1. The molecule has 0 bridgehead atoms. The van der Waals surface area contributed by atoms with Crippen molar-refractivity contribution in [2.24, 2.45) is 5.92 Å². The summed E-state index contributed by atoms with van der Waals surface area (Å²) in [4.78, 5) is 15.2. The minimum absolute atomic E-state index is 0.0795. The molecule has 2 aliphatic rings. The fourth-order valence-corrected chi connectivity index (χ4v) is 4.95. The number of halogens is 2. The number of carbonyl (C=O) groups is 1. The average Bonchev–Trinajstić information content (AvgIpc) is 3.34. The number of nitrogens with one attached hydrogen (secondary N) is 2. The van der Waals surface area contributed by atoms with Gasteiger partial charge in [0.05, 0.1) is 19.2 Å². The molecule has 2 heterocycles. The van der Waals surface area contributed by atoms with Crippen LogP contribution in [0.2, 0.25) is 0 Å². The van der Waals surface area contributed by atoms with Gasteiger partial charge in [-0.15, -0.1) is 0 Å². The fourth-order valence-electron chi connectivity index (χ4n) is 4.68. The van der Waals surface area contributed by atoms with E-state index in [0.29, 0.717) is 5.56 Å². The topological polar surface area (TPSA) is 53.6 Å². The molecule has 4 unspecified atom stereocenters. The summed E-state index contributed by atoms with van der Waals surface area (Å²) < 4.78 is 21.2. The highest BCUT2D eigenvalue weighted by Gasteiger charge is 2.56. The zero-order valence-corrected chi connectivity index (χ0v) is 18.3. The molecule has 0 radical (unpaired) electrons. The highest BCUT2D eigenvalue weighted by atomic mass is 79.9. The van der Waals surface area contributed by atoms with E-state index in [1.807, 2.05) is 54.6 Å². The van der Waals surface area contributed by atoms with Crippen LogP contribution in [-0.4, -0.2) is 19.1 Å². The van der Waals surface area contributed by atoms with Crippen molar-refractivity contribution in [2.45, 2.75) is 18.1 Å². The third kappa shape index (κ3) is 3.43. The van der Waals surface area contributed by atoms with Gasteiger partial charge in [0.15, 0.2) is 0 Å². The molecule has 2 aliphatic heterocycles. The summed E-state index contributed by atoms with van der Waals surface area (Å²) in [7, 11) is 1.63. The van der Waals surface area contributed by atoms with Gasteiger partial charge in [0, 0.05) is 21.6 Å². The smallest absolute Gasteiger partial charge is 0.246 e. The molecule has 0 aromatic heterocycles. The number of fused-ring (bicyclic) bond motifs is 1. The van der Waals surface area contributed by atoms with Crippen LogP contribution < -0.4 is 20.5 Å². The average molecular weight is 482 g/mol. The monoisotopic (exact) mass is 481 g/mol. The van der Waals surface area contributed by atoms with E-state index in [9.17, 15) is 4.79 Å². The number of ether oxygens (including phenoxy) is 1. The van der Waals surface area contributed by atoms with Crippen LogP contribution in [0.1, 0.15) is 23.2 Å². The van der Waals surface area contributed by atoms with Crippen LogP contribution in [0.15, 0.2) is 77.3 Å². The standard InChI is InChI=1S/C24H21BrFN3O2/c1-31-17-12-6-14(7-13-17)21-20-22(28-27-21)24(30)29(16-10-8-15(25)9-11-16)23(20)18-4-2-3-5-19(18)26/h2-13,20-23,27-28H,1H3. The predicted octanol–water partition coefficient (Wildman–Crippen LogP) is 4.52. The van der Waals surface area contributed by atoms with E-state index in [-0.39, 0.29) is 23.7 Å². The van der Waals surface area contributed by atoms with Gasteiger partial charge in [0.25, 0.3) is 0 Å². The van der Waals surface area contributed by atoms with Gasteiger partial charge in [-0.3, -0.25) is 4.79 Å². The van der Waals surface area contributed by atoms with Gasteiger partial charge >= 0.3 is 0 Å². The molecule has 3 aromatic carbocycles. The van der Waals surface area contributed by atoms with Crippen LogP contribution in [0.25, 0.3) is 0 Å². The highest BCUT2D eigenvalue weighted by Crippen LogP contribution is 2.49. The molecule has 2 N–H and O–H groups in total. The molecule has 2 fully saturated rings. The van der Waals surface area contributed by atoms with Crippen molar-refractivity contribution in [3.63, 3.8) is 0 Å². The largest absolute Gasteiger partial charge is 0.497 e. The van der Waals surface area contributed by atoms with Gasteiger partial charge in [-0.1, -0.05) is 46.3 Å². The lowest BCUT2D eigenvalue weighted by molar-refractivity contribution is -0.119. The molecule has 0 aliphatic carbocycles. The zero-order chi connectivity index (χ0) is 21.5. The SMILES string of the molecule is COc1ccc(C2NNC3C(=O)N(c4ccc(Br)cc4)C(c4ccccc4F)C32)cc1. The van der Waals surface area contributed by atoms with E-state index in [4.69, 9.17) is 4.74 Å². The molecule has 5 nitrogen and oxygen atoms in total. The van der Waals surface area contributed by atoms with Crippen LogP contribution in [0.5, 0.6) is 5.75 Å². The van der Waals surface area contributed by atoms with Gasteiger partial charge in [-0.05, 0) is 48.0 Å². The molecule has 0 saturated carbocycles. The normalized spacial score (nSPS) is 25.0. The Morgan fingerprint density at radius 1 is 0.935 bits per heavy atom. The second-order valence-corrected chi connectivity index (χ2v) is 8.66. The molecular formula is C24H21BrFN3O2. The summed E-state index contributed by atoms with van der Waals surface area (Å²) >= 11 is 3.45. The van der Waals surface area contributed by atoms with Crippen molar-refractivity contribution < 1.29 is 13.9 Å². The molecule has 1 amide bonds. The Morgan fingerprint density at radius 2 is 1.61 bits per heavy atom. The Labute approximate surface area is 188 Å². The summed E-state index contributed by atoms with van der Waals surface area (Å²) in [5, 5.41) is 0. The lowest BCUT2D eigenvalue weighted by Crippen LogP contribution is -2.41. The molecular weight excluding hydrogens is 461 g/mol. The molecule has 5 rings (SSSR count). The number of amides is 1. The van der Waals surface area contributed by atoms with E-state index >= 15 is 4.39 Å². The minimum atomic E-state index is -0.472. The van der Waals surface area contributed by atoms with Crippen molar-refractivity contribution >= 4 is 27.5 Å². The van der Waals surface area contributed by atoms with E-state index < -0.39 is 12.1 Å². The molecule has 31 heavy (non-hydrogen) atoms. The maximum absolute atomic E-state index is 15.0. The van der Waals surface area contributed by atoms with Gasteiger partial charge in [-0.25, -0.2) is 15.2 Å². The third-order valence-corrected chi connectivity index (χ3v) is 6.64. The number of hydrogen-bond donors (Lipinski definition) is 2. The minimum Gasteiger partial charge on any atom is -0.497 e. The number of benzene rings is 3. The molecule has 2 saturated heterocycles. The molecule has 0 spiro atoms. The van der Waals surface area contributed by atoms with Crippen LogP contribution >= 0.6 is 15.9 Å². The van der Waals surface area contributed by atoms with E-state index in [1.165, 1.54) is 6.07 Å². The number of methoxy groups -OCH3 is 1. The quantitative estimate of drug-likeness (QED) is 0.575. The summed E-state index contributed by atoms with van der Waals surface area (Å²) in [6.45, 7) is 0. The Bertz CT molecular complexity index is 1110. The Morgan fingerprint density at radius 3 is 2.29 bits per heavy atom. The summed E-state index contributed by atoms with van der Waals surface area (Å²) in [6, 6.07) is 20.9. The first-order chi connectivity index (χ1) is 15.1. The maximum atomic E-state index is 15.0. The first kappa shape index (κ1) is 20.2. The maximum Gasteiger partial charge on any atom is 0.246 e. The molecule has 4 atom stereocenters. The number of hydrazine groups is 1. The van der Waals surface area contributed by atoms with Crippen LogP contribution in [-0.2, 0) is 4.79 Å². The summed E-state index contributed by atoms with van der Waals surface area (Å²) in [6.07, 6.45) is 0. The fraction of sp³-hybridized carbons (Fsp3) is 0.208. The lowest BCUT2D eigenvalue weighted by Gasteiger charge is -2.31. The van der Waals surface area contributed by atoms with Crippen LogP contribution in [0.3, 0.4) is 0 Å². The molecule has 158 valence electrons. The summed E-state index contributed by atoms with van der Waals surface area (Å²) in [5.74, 6) is 0.157. The van der Waals surface area contributed by atoms with E-state index in [2.05, 4.69) is 26.8 Å². The number of hydrogen-bond acceptors (Lipinski definition) is 4. The highest BCUT2D eigenvalue weighted by molar-refractivity contribution is 9.10. The van der Waals surface area contributed by atoms with Crippen molar-refractivity contribution in [3.05, 3.63) is 94.2 Å². The van der Waals surface area contributed by atoms with E-state index in [1.54, 1.807) is 24.1 Å². The lowest BCUT2D eigenvalue weighted by atomic mass is 9.83. The first-order valence-electron chi connectivity index (χ1n) is 10.1. The van der Waals surface area contributed by atoms with Crippen molar-refractivity contribution in [3.8, 4) is 5.75 Å². The third-order valence-electron chi connectivity index (χ3n) is 6.11. The number of anilines is 1. The van der Waals surface area contributed by atoms with Gasteiger partial charge < -0.3 is 9.64 Å². The number of rotatable bonds is 4. The molecule has 7 heteroatoms. The second-order valence-electron chi connectivity index (χ2n) is 7.75. The van der Waals surface area contributed by atoms with Gasteiger partial charge in [0.2, 0.25) is 5.91 Å². The van der Waals surface area contributed by atoms with Crippen LogP contribution in [0, 0.1) is 11.7 Å². The first-order valence-corrected chi connectivity index (χ1v) is 10.9. The molecule has 3 aromatic rings. The van der Waals surface area contributed by atoms with Crippen molar-refractivity contribution in [1.29, 1.82) is 0 Å². The van der Waals surface area contributed by atoms with Crippen LogP contribution in [0.4, 0.5) is 10.1 Å². The summed E-state index contributed by atoms with van der Waals surface area (Å²) in [5.41, 5.74) is 8.70. The van der Waals surface area contributed by atoms with Gasteiger partial charge in [0.1, 0.15) is 17.6 Å². The van der Waals surface area contributed by atoms with E-state index in [0.717, 1.165) is 21.5 Å². The van der Waals surface area contributed by atoms with Crippen molar-refractivity contribution in [2.75, 3.05) is 12.0 Å². The Balaban J connectivity index is 1.62. The second kappa shape index (κ2) is 8.07. The Kier molecular flexibility index (Phi) is 5.25. The van der Waals surface area contributed by atoms with Gasteiger partial charge in [-0.2, -0.15) is 0 Å². The zero-order valence-electron chi connectivity index (χ0n) is 16.8. The Hall–Kier alpha value is -2.74. The van der Waals surface area contributed by atoms with Crippen molar-refractivity contribution in [1.82, 2.24) is 10.9 Å². The predicted molar refractivity (Wildman–Crippen MR) is 120 cm³/mol.